The Hall–Kier alpha value is -0.763. The fraction of sp³-hybridized carbons (Fsp3) is 0.250. The Morgan fingerprint density at radius 1 is 1.40 bits per heavy atom. The zero-order chi connectivity index (χ0) is 7.40. The van der Waals surface area contributed by atoms with Crippen molar-refractivity contribution in [3.05, 3.63) is 29.8 Å². The van der Waals surface area contributed by atoms with Crippen LogP contribution in [0.3, 0.4) is 0 Å². The first-order chi connectivity index (χ1) is 4.83. The molecule has 3 radical (unpaired) electrons. The van der Waals surface area contributed by atoms with E-state index in [1.54, 1.807) is 0 Å². The van der Waals surface area contributed by atoms with Crippen molar-refractivity contribution in [2.75, 3.05) is 5.73 Å². The molecule has 0 aromatic heterocycles. The summed E-state index contributed by atoms with van der Waals surface area (Å²) < 4.78 is 0. The van der Waals surface area contributed by atoms with Gasteiger partial charge in [0.15, 0.2) is 0 Å². The Morgan fingerprint density at radius 2 is 2.20 bits per heavy atom. The van der Waals surface area contributed by atoms with Gasteiger partial charge in [0.05, 0.1) is 0 Å². The zero-order valence-corrected chi connectivity index (χ0v) is 6.80. The van der Waals surface area contributed by atoms with Crippen LogP contribution in [0.4, 0.5) is 5.69 Å². The standard InChI is InChI=1S/C8H10NSi/c9-8-3-1-2-7(6-8)4-5-10/h1-3,6H,4-5,9H2. The summed E-state index contributed by atoms with van der Waals surface area (Å²) >= 11 is 0. The molecule has 0 aliphatic heterocycles. The molecule has 1 aromatic carbocycles. The van der Waals surface area contributed by atoms with Crippen molar-refractivity contribution < 1.29 is 0 Å². The highest BCUT2D eigenvalue weighted by molar-refractivity contribution is 6.08. The monoisotopic (exact) mass is 148 g/mol. The Balaban J connectivity index is 2.75. The summed E-state index contributed by atoms with van der Waals surface area (Å²) in [6.07, 6.45) is 1.04. The molecule has 2 heteroatoms. The molecule has 0 amide bonds. The second kappa shape index (κ2) is 3.42. The van der Waals surface area contributed by atoms with Gasteiger partial charge < -0.3 is 5.73 Å². The summed E-state index contributed by atoms with van der Waals surface area (Å²) in [6.45, 7) is 0. The van der Waals surface area contributed by atoms with E-state index in [4.69, 9.17) is 5.73 Å². The third-order valence-corrected chi connectivity index (χ3v) is 1.61. The van der Waals surface area contributed by atoms with Crippen LogP contribution in [-0.4, -0.2) is 10.2 Å². The molecule has 0 heterocycles. The molecule has 0 aliphatic rings. The van der Waals surface area contributed by atoms with E-state index in [2.05, 4.69) is 16.3 Å². The van der Waals surface area contributed by atoms with E-state index in [9.17, 15) is 0 Å². The van der Waals surface area contributed by atoms with Crippen LogP contribution in [0.2, 0.25) is 6.04 Å². The average Bonchev–Trinajstić information content (AvgIpc) is 1.88. The number of anilines is 1. The molecule has 0 unspecified atom stereocenters. The molecule has 2 N–H and O–H groups in total. The number of nitrogen functional groups attached to an aromatic ring is 1. The fourth-order valence-corrected chi connectivity index (χ4v) is 1.18. The molecule has 0 fully saturated rings. The van der Waals surface area contributed by atoms with Crippen molar-refractivity contribution in [3.8, 4) is 0 Å². The lowest BCUT2D eigenvalue weighted by atomic mass is 10.1. The highest BCUT2D eigenvalue weighted by Gasteiger charge is 1.89. The highest BCUT2D eigenvalue weighted by atomic mass is 28.1. The molecular formula is C8H10NSi. The van der Waals surface area contributed by atoms with Gasteiger partial charge >= 0.3 is 0 Å². The molecule has 1 aromatic rings. The quantitative estimate of drug-likeness (QED) is 0.498. The second-order valence-electron chi connectivity index (χ2n) is 2.25. The van der Waals surface area contributed by atoms with Gasteiger partial charge in [0.25, 0.3) is 0 Å². The maximum atomic E-state index is 5.57. The summed E-state index contributed by atoms with van der Waals surface area (Å²) in [5.41, 5.74) is 7.71. The number of hydrogen-bond donors (Lipinski definition) is 1. The van der Waals surface area contributed by atoms with Gasteiger partial charge in [-0.25, -0.2) is 0 Å². The first-order valence-electron chi connectivity index (χ1n) is 3.32. The van der Waals surface area contributed by atoms with E-state index >= 15 is 0 Å². The Kier molecular flexibility index (Phi) is 2.51. The van der Waals surface area contributed by atoms with Gasteiger partial charge in [-0.15, -0.1) is 0 Å². The Morgan fingerprint density at radius 3 is 2.80 bits per heavy atom. The summed E-state index contributed by atoms with van der Waals surface area (Å²) in [7, 11) is 3.41. The van der Waals surface area contributed by atoms with Crippen molar-refractivity contribution in [1.29, 1.82) is 0 Å². The van der Waals surface area contributed by atoms with Crippen molar-refractivity contribution >= 4 is 15.9 Å². The molecular weight excluding hydrogens is 138 g/mol. The lowest BCUT2D eigenvalue weighted by Gasteiger charge is -1.97. The number of nitrogens with two attached hydrogens (primary N) is 1. The fourth-order valence-electron chi connectivity index (χ4n) is 0.893. The minimum atomic E-state index is 0.845. The highest BCUT2D eigenvalue weighted by Crippen LogP contribution is 2.07. The molecule has 0 aliphatic carbocycles. The Bertz CT molecular complexity index is 210. The minimum Gasteiger partial charge on any atom is -0.399 e. The largest absolute Gasteiger partial charge is 0.399 e. The first-order valence-corrected chi connectivity index (χ1v) is 4.02. The topological polar surface area (TPSA) is 26.0 Å². The predicted octanol–water partition coefficient (Wildman–Crippen LogP) is 1.40. The molecule has 51 valence electrons. The minimum absolute atomic E-state index is 0.845. The summed E-state index contributed by atoms with van der Waals surface area (Å²) in [5, 5.41) is 0. The number of hydrogen-bond acceptors (Lipinski definition) is 1. The summed E-state index contributed by atoms with van der Waals surface area (Å²) in [5.74, 6) is 0. The molecule has 0 saturated carbocycles. The van der Waals surface area contributed by atoms with Crippen LogP contribution in [-0.2, 0) is 6.42 Å². The van der Waals surface area contributed by atoms with E-state index < -0.39 is 0 Å². The molecule has 1 nitrogen and oxygen atoms in total. The van der Waals surface area contributed by atoms with Gasteiger partial charge in [-0.3, -0.25) is 0 Å². The summed E-state index contributed by atoms with van der Waals surface area (Å²) in [6, 6.07) is 8.95. The van der Waals surface area contributed by atoms with Gasteiger partial charge in [0.1, 0.15) is 0 Å². The number of aryl methyl sites for hydroxylation is 1. The van der Waals surface area contributed by atoms with Crippen molar-refractivity contribution in [2.45, 2.75) is 12.5 Å². The van der Waals surface area contributed by atoms with Crippen LogP contribution in [0, 0.1) is 0 Å². The van der Waals surface area contributed by atoms with Crippen molar-refractivity contribution in [2.24, 2.45) is 0 Å². The predicted molar refractivity (Wildman–Crippen MR) is 45.1 cm³/mol. The van der Waals surface area contributed by atoms with E-state index in [0.29, 0.717) is 0 Å². The van der Waals surface area contributed by atoms with E-state index in [1.165, 1.54) is 5.56 Å². The third-order valence-electron chi connectivity index (χ3n) is 1.36. The average molecular weight is 148 g/mol. The Labute approximate surface area is 64.7 Å². The zero-order valence-electron chi connectivity index (χ0n) is 5.80. The molecule has 0 atom stereocenters. The van der Waals surface area contributed by atoms with Crippen LogP contribution >= 0.6 is 0 Å². The first kappa shape index (κ1) is 7.35. The van der Waals surface area contributed by atoms with Crippen LogP contribution in [0.5, 0.6) is 0 Å². The smallest absolute Gasteiger partial charge is 0.0316 e. The third kappa shape index (κ3) is 1.88. The molecule has 0 saturated heterocycles. The van der Waals surface area contributed by atoms with Crippen LogP contribution in [0.25, 0.3) is 0 Å². The summed E-state index contributed by atoms with van der Waals surface area (Å²) in [4.78, 5) is 0. The maximum absolute atomic E-state index is 5.57. The van der Waals surface area contributed by atoms with E-state index in [-0.39, 0.29) is 0 Å². The molecule has 0 bridgehead atoms. The molecule has 0 spiro atoms. The second-order valence-corrected chi connectivity index (χ2v) is 2.75. The number of rotatable bonds is 2. The van der Waals surface area contributed by atoms with E-state index in [0.717, 1.165) is 18.2 Å². The van der Waals surface area contributed by atoms with Gasteiger partial charge in [0.2, 0.25) is 0 Å². The maximum Gasteiger partial charge on any atom is 0.0316 e. The number of benzene rings is 1. The normalized spacial score (nSPS) is 9.70. The molecule has 10 heavy (non-hydrogen) atoms. The van der Waals surface area contributed by atoms with Crippen molar-refractivity contribution in [1.82, 2.24) is 0 Å². The molecule has 1 rings (SSSR count). The van der Waals surface area contributed by atoms with Crippen LogP contribution in [0.15, 0.2) is 24.3 Å². The van der Waals surface area contributed by atoms with Gasteiger partial charge in [-0.1, -0.05) is 18.2 Å². The van der Waals surface area contributed by atoms with E-state index in [1.807, 2.05) is 18.2 Å². The van der Waals surface area contributed by atoms with Crippen LogP contribution in [0.1, 0.15) is 5.56 Å². The lowest BCUT2D eigenvalue weighted by Crippen LogP contribution is -1.87. The van der Waals surface area contributed by atoms with Crippen molar-refractivity contribution in [3.63, 3.8) is 0 Å². The van der Waals surface area contributed by atoms with Gasteiger partial charge in [0, 0.05) is 15.9 Å². The van der Waals surface area contributed by atoms with Gasteiger partial charge in [-0.2, -0.15) is 0 Å². The van der Waals surface area contributed by atoms with Crippen LogP contribution < -0.4 is 5.73 Å². The lowest BCUT2D eigenvalue weighted by molar-refractivity contribution is 1.13. The SMILES string of the molecule is Nc1cccc(CC[Si])c1. The van der Waals surface area contributed by atoms with Gasteiger partial charge in [-0.05, 0) is 24.1 Å².